The Bertz CT molecular complexity index is 1200. The molecule has 1 aliphatic heterocycles. The van der Waals surface area contributed by atoms with Crippen LogP contribution in [-0.4, -0.2) is 77.2 Å². The molecule has 1 aromatic carbocycles. The molecule has 0 bridgehead atoms. The number of aromatic nitrogens is 4. The first-order valence-electron chi connectivity index (χ1n) is 9.92. The Balaban J connectivity index is 1.55. The van der Waals surface area contributed by atoms with Gasteiger partial charge in [0.05, 0.1) is 22.2 Å². The number of nitrogens with zero attached hydrogens (tertiary/aromatic N) is 6. The van der Waals surface area contributed by atoms with Gasteiger partial charge in [-0.05, 0) is 43.0 Å². The van der Waals surface area contributed by atoms with Crippen LogP contribution < -0.4 is 4.90 Å². The number of hydrogen-bond donors (Lipinski definition) is 1. The van der Waals surface area contributed by atoms with Gasteiger partial charge in [-0.25, -0.2) is 27.9 Å². The van der Waals surface area contributed by atoms with Crippen molar-refractivity contribution in [2.24, 2.45) is 5.92 Å². The second-order valence-electron chi connectivity index (χ2n) is 7.85. The molecule has 11 heteroatoms. The van der Waals surface area contributed by atoms with Gasteiger partial charge in [-0.3, -0.25) is 0 Å². The highest BCUT2D eigenvalue weighted by Crippen LogP contribution is 2.26. The highest BCUT2D eigenvalue weighted by atomic mass is 32.2. The number of benzene rings is 1. The Morgan fingerprint density at radius 2 is 1.87 bits per heavy atom. The van der Waals surface area contributed by atoms with Gasteiger partial charge in [0.2, 0.25) is 0 Å². The molecule has 4 rings (SSSR count). The first-order chi connectivity index (χ1) is 14.7. The minimum Gasteiger partial charge on any atom is -0.465 e. The molecule has 2 aromatic heterocycles. The van der Waals surface area contributed by atoms with Crippen molar-refractivity contribution in [3.63, 3.8) is 0 Å². The molecule has 164 valence electrons. The Labute approximate surface area is 180 Å². The molecule has 3 aromatic rings. The Morgan fingerprint density at radius 3 is 2.48 bits per heavy atom. The van der Waals surface area contributed by atoms with Crippen molar-refractivity contribution in [1.82, 2.24) is 24.6 Å². The van der Waals surface area contributed by atoms with Gasteiger partial charge < -0.3 is 14.9 Å². The number of fused-ring (bicyclic) bond motifs is 1. The highest BCUT2D eigenvalue weighted by Gasteiger charge is 2.24. The number of rotatable bonds is 5. The van der Waals surface area contributed by atoms with Crippen LogP contribution in [0, 0.1) is 5.92 Å². The van der Waals surface area contributed by atoms with Crippen molar-refractivity contribution in [3.8, 4) is 5.69 Å². The molecule has 3 heterocycles. The van der Waals surface area contributed by atoms with E-state index < -0.39 is 15.9 Å². The second-order valence-corrected chi connectivity index (χ2v) is 9.87. The summed E-state index contributed by atoms with van der Waals surface area (Å²) >= 11 is 0. The Kier molecular flexibility index (Phi) is 5.52. The van der Waals surface area contributed by atoms with Crippen LogP contribution in [0.4, 0.5) is 10.6 Å². The van der Waals surface area contributed by atoms with E-state index in [-0.39, 0.29) is 4.90 Å². The smallest absolute Gasteiger partial charge is 0.407 e. The fourth-order valence-electron chi connectivity index (χ4n) is 3.94. The molecule has 0 spiro atoms. The molecule has 0 atom stereocenters. The molecule has 0 aliphatic carbocycles. The summed E-state index contributed by atoms with van der Waals surface area (Å²) < 4.78 is 25.1. The van der Waals surface area contributed by atoms with Crippen molar-refractivity contribution < 1.29 is 18.3 Å². The number of carbonyl (C=O) groups is 1. The van der Waals surface area contributed by atoms with E-state index in [1.807, 2.05) is 7.05 Å². The zero-order valence-electron chi connectivity index (χ0n) is 17.3. The highest BCUT2D eigenvalue weighted by molar-refractivity contribution is 7.90. The fourth-order valence-corrected chi connectivity index (χ4v) is 4.57. The average Bonchev–Trinajstić information content (AvgIpc) is 3.18. The molecular formula is C20H24N6O4S. The Hall–Kier alpha value is -3.21. The van der Waals surface area contributed by atoms with Crippen LogP contribution in [0.2, 0.25) is 0 Å². The molecule has 1 amide bonds. The van der Waals surface area contributed by atoms with Gasteiger partial charge in [-0.15, -0.1) is 0 Å². The molecule has 31 heavy (non-hydrogen) atoms. The summed E-state index contributed by atoms with van der Waals surface area (Å²) in [5.41, 5.74) is 1.33. The number of carboxylic acid groups (broad SMARTS) is 1. The summed E-state index contributed by atoms with van der Waals surface area (Å²) in [6, 6.07) is 6.50. The van der Waals surface area contributed by atoms with Gasteiger partial charge >= 0.3 is 6.09 Å². The first-order valence-corrected chi connectivity index (χ1v) is 11.8. The number of amides is 1. The molecule has 0 saturated carbocycles. The van der Waals surface area contributed by atoms with E-state index in [4.69, 9.17) is 5.11 Å². The fraction of sp³-hybridized carbons (Fsp3) is 0.400. The molecule has 1 N–H and O–H groups in total. The summed E-state index contributed by atoms with van der Waals surface area (Å²) in [5.74, 6) is 1.13. The molecule has 0 radical (unpaired) electrons. The van der Waals surface area contributed by atoms with E-state index in [9.17, 15) is 13.2 Å². The maximum atomic E-state index is 11.7. The summed E-state index contributed by atoms with van der Waals surface area (Å²) in [7, 11) is -1.31. The standard InChI is InChI=1S/C20H24N6O4S/c1-24(12-14-7-9-25(10-8-14)20(27)28)18-17-11-23-26(19(17)22-13-21-18)15-3-5-16(6-4-15)31(2,29)30/h3-6,11,13-14H,7-10,12H2,1-2H3,(H,27,28). The molecule has 0 unspecified atom stereocenters. The summed E-state index contributed by atoms with van der Waals surface area (Å²) in [5, 5.41) is 14.3. The van der Waals surface area contributed by atoms with Gasteiger partial charge in [-0.2, -0.15) is 5.10 Å². The molecular weight excluding hydrogens is 420 g/mol. The van der Waals surface area contributed by atoms with Crippen LogP contribution in [0.5, 0.6) is 0 Å². The lowest BCUT2D eigenvalue weighted by atomic mass is 9.96. The second kappa shape index (κ2) is 8.14. The maximum Gasteiger partial charge on any atom is 0.407 e. The van der Waals surface area contributed by atoms with E-state index in [0.717, 1.165) is 30.6 Å². The van der Waals surface area contributed by atoms with E-state index in [2.05, 4.69) is 20.0 Å². The minimum atomic E-state index is -3.27. The van der Waals surface area contributed by atoms with Crippen molar-refractivity contribution in [2.45, 2.75) is 17.7 Å². The van der Waals surface area contributed by atoms with Gasteiger partial charge in [0.15, 0.2) is 15.5 Å². The molecule has 1 saturated heterocycles. The van der Waals surface area contributed by atoms with Crippen LogP contribution in [0.1, 0.15) is 12.8 Å². The number of likely N-dealkylation sites (tertiary alicyclic amines) is 1. The van der Waals surface area contributed by atoms with E-state index >= 15 is 0 Å². The van der Waals surface area contributed by atoms with Crippen molar-refractivity contribution in [3.05, 3.63) is 36.8 Å². The van der Waals surface area contributed by atoms with Gasteiger partial charge in [-0.1, -0.05) is 0 Å². The zero-order valence-corrected chi connectivity index (χ0v) is 18.2. The largest absolute Gasteiger partial charge is 0.465 e. The molecule has 10 nitrogen and oxygen atoms in total. The van der Waals surface area contributed by atoms with Crippen molar-refractivity contribution in [2.75, 3.05) is 37.8 Å². The van der Waals surface area contributed by atoms with Crippen LogP contribution in [-0.2, 0) is 9.84 Å². The maximum absolute atomic E-state index is 11.7. The lowest BCUT2D eigenvalue weighted by molar-refractivity contribution is 0.125. The minimum absolute atomic E-state index is 0.247. The predicted molar refractivity (Wildman–Crippen MR) is 115 cm³/mol. The quantitative estimate of drug-likeness (QED) is 0.635. The Morgan fingerprint density at radius 1 is 1.19 bits per heavy atom. The van der Waals surface area contributed by atoms with Crippen LogP contribution in [0.3, 0.4) is 0 Å². The summed E-state index contributed by atoms with van der Waals surface area (Å²) in [6.45, 7) is 1.86. The average molecular weight is 445 g/mol. The molecule has 1 fully saturated rings. The van der Waals surface area contributed by atoms with Crippen molar-refractivity contribution >= 4 is 32.8 Å². The van der Waals surface area contributed by atoms with Gasteiger partial charge in [0.25, 0.3) is 0 Å². The van der Waals surface area contributed by atoms with Crippen LogP contribution in [0.15, 0.2) is 41.7 Å². The summed E-state index contributed by atoms with van der Waals surface area (Å²) in [4.78, 5) is 23.7. The number of sulfone groups is 1. The predicted octanol–water partition coefficient (Wildman–Crippen LogP) is 2.05. The first kappa shape index (κ1) is 21.0. The van der Waals surface area contributed by atoms with Crippen LogP contribution in [0.25, 0.3) is 16.7 Å². The topological polar surface area (TPSA) is 122 Å². The monoisotopic (exact) mass is 444 g/mol. The number of anilines is 1. The van der Waals surface area contributed by atoms with E-state index in [1.165, 1.54) is 17.5 Å². The van der Waals surface area contributed by atoms with Gasteiger partial charge in [0, 0.05) is 32.9 Å². The molecule has 1 aliphatic rings. The van der Waals surface area contributed by atoms with Crippen molar-refractivity contribution in [1.29, 1.82) is 0 Å². The van der Waals surface area contributed by atoms with E-state index in [0.29, 0.717) is 30.3 Å². The van der Waals surface area contributed by atoms with Gasteiger partial charge in [0.1, 0.15) is 12.1 Å². The number of piperidine rings is 1. The van der Waals surface area contributed by atoms with E-state index in [1.54, 1.807) is 35.1 Å². The van der Waals surface area contributed by atoms with Crippen LogP contribution >= 0.6 is 0 Å². The lowest BCUT2D eigenvalue weighted by Gasteiger charge is -2.32. The SMILES string of the molecule is CN(CC1CCN(C(=O)O)CC1)c1ncnc2c1cnn2-c1ccc(S(C)(=O)=O)cc1. The summed E-state index contributed by atoms with van der Waals surface area (Å²) in [6.07, 6.45) is 5.14. The third-order valence-corrected chi connectivity index (χ3v) is 6.76. The zero-order chi connectivity index (χ0) is 22.2. The lowest BCUT2D eigenvalue weighted by Crippen LogP contribution is -2.40. The normalized spacial score (nSPS) is 15.4. The third kappa shape index (κ3) is 4.31. The third-order valence-electron chi connectivity index (χ3n) is 5.63. The number of hydrogen-bond acceptors (Lipinski definition) is 7.